The molecule has 1 aromatic heterocycles. The molecule has 30 heavy (non-hydrogen) atoms. The molecule has 8 nitrogen and oxygen atoms in total. The molecule has 0 saturated heterocycles. The van der Waals surface area contributed by atoms with E-state index in [0.717, 1.165) is 16.7 Å². The van der Waals surface area contributed by atoms with E-state index in [1.807, 2.05) is 60.5 Å². The summed E-state index contributed by atoms with van der Waals surface area (Å²) in [6, 6.07) is 15.5. The van der Waals surface area contributed by atoms with Crippen molar-refractivity contribution >= 4 is 28.8 Å². The van der Waals surface area contributed by atoms with Crippen LogP contribution in [-0.4, -0.2) is 49.1 Å². The molecule has 1 atom stereocenters. The average molecular weight is 411 g/mol. The van der Waals surface area contributed by atoms with Crippen LogP contribution in [0.25, 0.3) is 11.1 Å². The highest BCUT2D eigenvalue weighted by Crippen LogP contribution is 2.21. The highest BCUT2D eigenvalue weighted by molar-refractivity contribution is 6.00. The van der Waals surface area contributed by atoms with E-state index in [9.17, 15) is 9.90 Å². The minimum atomic E-state index is -0.934. The Balaban J connectivity index is 1.52. The zero-order valence-corrected chi connectivity index (χ0v) is 17.2. The number of hydrogen-bond donors (Lipinski definition) is 1. The second-order valence-corrected chi connectivity index (χ2v) is 6.89. The number of ether oxygens (including phenoxy) is 1. The number of nitrogens with zero attached hydrogens (tertiary/aromatic N) is 3. The number of oxazole rings is 1. The molecular weight excluding hydrogens is 386 g/mol. The van der Waals surface area contributed by atoms with Gasteiger partial charge in [0.2, 0.25) is 0 Å². The Kier molecular flexibility index (Phi) is 6.90. The van der Waals surface area contributed by atoms with Crippen molar-refractivity contribution in [1.29, 1.82) is 0 Å². The molecule has 0 saturated carbocycles. The van der Waals surface area contributed by atoms with Gasteiger partial charge >= 0.3 is 5.97 Å². The molecular formula is C22H25N3O5. The first kappa shape index (κ1) is 21.2. The van der Waals surface area contributed by atoms with E-state index in [-0.39, 0.29) is 0 Å². The van der Waals surface area contributed by atoms with Crippen LogP contribution in [0.5, 0.6) is 5.75 Å². The Bertz CT molecular complexity index is 980. The first-order chi connectivity index (χ1) is 14.5. The van der Waals surface area contributed by atoms with Crippen LogP contribution in [0.1, 0.15) is 12.5 Å². The van der Waals surface area contributed by atoms with Crippen LogP contribution in [0, 0.1) is 5.92 Å². The van der Waals surface area contributed by atoms with Crippen LogP contribution < -0.4 is 9.64 Å². The zero-order chi connectivity index (χ0) is 21.5. The lowest BCUT2D eigenvalue weighted by atomic mass is 9.95. The van der Waals surface area contributed by atoms with Gasteiger partial charge in [-0.1, -0.05) is 29.4 Å². The Morgan fingerprint density at radius 3 is 2.63 bits per heavy atom. The summed E-state index contributed by atoms with van der Waals surface area (Å²) in [5.74, 6) is -0.962. The van der Waals surface area contributed by atoms with E-state index < -0.39 is 11.9 Å². The summed E-state index contributed by atoms with van der Waals surface area (Å²) in [7, 11) is 3.30. The Morgan fingerprint density at radius 1 is 1.23 bits per heavy atom. The molecule has 0 fully saturated rings. The molecule has 0 amide bonds. The molecule has 2 aromatic carbocycles. The third-order valence-corrected chi connectivity index (χ3v) is 4.71. The topological polar surface area (TPSA) is 97.4 Å². The first-order valence-electron chi connectivity index (χ1n) is 9.57. The molecule has 3 rings (SSSR count). The van der Waals surface area contributed by atoms with Crippen LogP contribution in [-0.2, 0) is 16.1 Å². The van der Waals surface area contributed by atoms with Gasteiger partial charge < -0.3 is 24.0 Å². The molecule has 1 unspecified atom stereocenters. The number of oxime groups is 1. The molecule has 0 aliphatic carbocycles. The summed E-state index contributed by atoms with van der Waals surface area (Å²) in [6.07, 6.45) is 0.328. The fourth-order valence-corrected chi connectivity index (χ4v) is 3.00. The number of aromatic nitrogens is 1. The molecule has 8 heteroatoms. The summed E-state index contributed by atoms with van der Waals surface area (Å²) in [5, 5.41) is 13.2. The summed E-state index contributed by atoms with van der Waals surface area (Å²) in [4.78, 5) is 22.5. The molecule has 0 aliphatic rings. The van der Waals surface area contributed by atoms with Crippen molar-refractivity contribution < 1.29 is 23.9 Å². The van der Waals surface area contributed by atoms with E-state index in [1.54, 1.807) is 6.92 Å². The lowest BCUT2D eigenvalue weighted by Crippen LogP contribution is -2.24. The number of para-hydroxylation sites is 2. The quantitative estimate of drug-likeness (QED) is 0.402. The fraction of sp³-hybridized carbons (Fsp3) is 0.318. The second-order valence-electron chi connectivity index (χ2n) is 6.89. The molecule has 1 N–H and O–H groups in total. The lowest BCUT2D eigenvalue weighted by Gasteiger charge is -2.15. The predicted molar refractivity (Wildman–Crippen MR) is 114 cm³/mol. The number of benzene rings is 2. The van der Waals surface area contributed by atoms with Gasteiger partial charge in [0, 0.05) is 7.05 Å². The van der Waals surface area contributed by atoms with Crippen molar-refractivity contribution in [3.8, 4) is 5.75 Å². The van der Waals surface area contributed by atoms with Gasteiger partial charge in [-0.05, 0) is 43.2 Å². The Labute approximate surface area is 174 Å². The minimum Gasteiger partial charge on any atom is -0.492 e. The summed E-state index contributed by atoms with van der Waals surface area (Å²) in [6.45, 7) is 2.70. The number of rotatable bonds is 10. The maximum atomic E-state index is 11.5. The van der Waals surface area contributed by atoms with Crippen molar-refractivity contribution in [3.63, 3.8) is 0 Å². The highest BCUT2D eigenvalue weighted by Gasteiger charge is 2.22. The number of fused-ring (bicyclic) bond motifs is 1. The van der Waals surface area contributed by atoms with Crippen LogP contribution in [0.4, 0.5) is 6.01 Å². The smallest absolute Gasteiger partial charge is 0.312 e. The molecule has 1 heterocycles. The van der Waals surface area contributed by atoms with Crippen LogP contribution >= 0.6 is 0 Å². The maximum absolute atomic E-state index is 11.5. The summed E-state index contributed by atoms with van der Waals surface area (Å²) < 4.78 is 11.5. The second kappa shape index (κ2) is 9.78. The molecule has 0 aliphatic heterocycles. The largest absolute Gasteiger partial charge is 0.492 e. The minimum absolute atomic E-state index is 0.328. The Hall–Kier alpha value is -3.55. The van der Waals surface area contributed by atoms with Crippen LogP contribution in [0.3, 0.4) is 0 Å². The number of aliphatic carboxylic acids is 1. The lowest BCUT2D eigenvalue weighted by molar-refractivity contribution is -0.139. The normalized spacial score (nSPS) is 12.6. The van der Waals surface area contributed by atoms with E-state index in [1.165, 1.54) is 7.11 Å². The number of anilines is 1. The predicted octanol–water partition coefficient (Wildman–Crippen LogP) is 3.61. The van der Waals surface area contributed by atoms with Crippen LogP contribution in [0.2, 0.25) is 0 Å². The van der Waals surface area contributed by atoms with E-state index >= 15 is 0 Å². The van der Waals surface area contributed by atoms with Crippen molar-refractivity contribution in [2.24, 2.45) is 11.1 Å². The Morgan fingerprint density at radius 2 is 1.97 bits per heavy atom. The van der Waals surface area contributed by atoms with Crippen molar-refractivity contribution in [3.05, 3.63) is 54.1 Å². The fourth-order valence-electron chi connectivity index (χ4n) is 3.00. The SMILES string of the molecule is CO/N=C(\C)C(Cc1ccc(OCCN(C)c2nc3ccccc3o2)cc1)C(=O)O. The molecule has 0 spiro atoms. The number of carboxylic acid groups (broad SMARTS) is 1. The maximum Gasteiger partial charge on any atom is 0.312 e. The first-order valence-corrected chi connectivity index (χ1v) is 9.57. The summed E-state index contributed by atoms with van der Waals surface area (Å²) in [5.41, 5.74) is 2.87. The van der Waals surface area contributed by atoms with Crippen molar-refractivity contribution in [1.82, 2.24) is 4.98 Å². The third-order valence-electron chi connectivity index (χ3n) is 4.71. The molecule has 3 aromatic rings. The number of hydrogen-bond acceptors (Lipinski definition) is 7. The van der Waals surface area contributed by atoms with Crippen molar-refractivity contribution in [2.75, 3.05) is 32.2 Å². The average Bonchev–Trinajstić information content (AvgIpc) is 3.17. The van der Waals surface area contributed by atoms with Gasteiger partial charge in [0.15, 0.2) is 5.58 Å². The van der Waals surface area contributed by atoms with Gasteiger partial charge in [-0.3, -0.25) is 4.79 Å². The van der Waals surface area contributed by atoms with Gasteiger partial charge in [0.1, 0.15) is 30.9 Å². The van der Waals surface area contributed by atoms with Crippen molar-refractivity contribution in [2.45, 2.75) is 13.3 Å². The number of carboxylic acids is 1. The van der Waals surface area contributed by atoms with Gasteiger partial charge in [-0.25, -0.2) is 0 Å². The zero-order valence-electron chi connectivity index (χ0n) is 17.2. The van der Waals surface area contributed by atoms with E-state index in [2.05, 4.69) is 10.1 Å². The van der Waals surface area contributed by atoms with E-state index in [0.29, 0.717) is 37.0 Å². The van der Waals surface area contributed by atoms with Crippen LogP contribution in [0.15, 0.2) is 58.1 Å². The number of likely N-dealkylation sites (N-methyl/N-ethyl adjacent to an activating group) is 1. The highest BCUT2D eigenvalue weighted by atomic mass is 16.6. The molecule has 0 bridgehead atoms. The van der Waals surface area contributed by atoms with Gasteiger partial charge in [0.25, 0.3) is 6.01 Å². The molecule has 0 radical (unpaired) electrons. The third kappa shape index (κ3) is 5.28. The monoisotopic (exact) mass is 411 g/mol. The standard InChI is InChI=1S/C22H25N3O5/c1-15(24-28-3)18(21(26)27)14-16-8-10-17(11-9-16)29-13-12-25(2)22-23-19-6-4-5-7-20(19)30-22/h4-11,18H,12-14H2,1-3H3,(H,26,27)/b24-15+. The summed E-state index contributed by atoms with van der Waals surface area (Å²) >= 11 is 0. The molecule has 158 valence electrons. The van der Waals surface area contributed by atoms with Gasteiger partial charge in [-0.2, -0.15) is 4.98 Å². The van der Waals surface area contributed by atoms with Gasteiger partial charge in [-0.15, -0.1) is 0 Å². The van der Waals surface area contributed by atoms with E-state index in [4.69, 9.17) is 14.0 Å². The number of carbonyl (C=O) groups is 1. The van der Waals surface area contributed by atoms with Gasteiger partial charge in [0.05, 0.1) is 12.3 Å².